The maximum absolute atomic E-state index is 12.0. The number of rotatable bonds is 5. The van der Waals surface area contributed by atoms with Crippen LogP contribution in [0.4, 0.5) is 11.6 Å². The molecule has 0 unspecified atom stereocenters. The molecule has 2 aromatic carbocycles. The maximum Gasteiger partial charge on any atom is 0.267 e. The average Bonchev–Trinajstić information content (AvgIpc) is 3.07. The Morgan fingerprint density at radius 3 is 2.86 bits per heavy atom. The number of aromatic nitrogens is 3. The van der Waals surface area contributed by atoms with Gasteiger partial charge in [0.1, 0.15) is 5.75 Å². The summed E-state index contributed by atoms with van der Waals surface area (Å²) < 4.78 is 5.89. The molecule has 146 valence electrons. The van der Waals surface area contributed by atoms with Crippen LogP contribution in [0.1, 0.15) is 16.1 Å². The van der Waals surface area contributed by atoms with Crippen LogP contribution in [0.5, 0.6) is 11.6 Å². The lowest BCUT2D eigenvalue weighted by Gasteiger charge is -2.11. The molecule has 4 aromatic rings. The van der Waals surface area contributed by atoms with Crippen molar-refractivity contribution in [3.05, 3.63) is 72.1 Å². The van der Waals surface area contributed by atoms with Crippen molar-refractivity contribution in [2.24, 2.45) is 5.84 Å². The van der Waals surface area contributed by atoms with Gasteiger partial charge in [-0.1, -0.05) is 6.07 Å². The number of aromatic amines is 1. The quantitative estimate of drug-likeness (QED) is 0.273. The van der Waals surface area contributed by atoms with Crippen molar-refractivity contribution in [2.45, 2.75) is 6.92 Å². The Kier molecular flexibility index (Phi) is 4.84. The van der Waals surface area contributed by atoms with Crippen molar-refractivity contribution < 1.29 is 9.53 Å². The second-order valence-electron chi connectivity index (χ2n) is 6.64. The van der Waals surface area contributed by atoms with E-state index in [2.05, 4.69) is 26.3 Å². The van der Waals surface area contributed by atoms with E-state index in [9.17, 15) is 4.79 Å². The SMILES string of the molecule is Cc1cc2cc(Oc3ccnc(Nc4cccc(C(=O)N(C)N)c4)n3)ccc2[nH]1. The lowest BCUT2D eigenvalue weighted by atomic mass is 10.2. The van der Waals surface area contributed by atoms with Gasteiger partial charge in [0.05, 0.1) is 0 Å². The highest BCUT2D eigenvalue weighted by molar-refractivity contribution is 5.94. The van der Waals surface area contributed by atoms with Crippen LogP contribution in [0.3, 0.4) is 0 Å². The standard InChI is InChI=1S/C21H20N6O2/c1-13-10-15-12-17(6-7-18(15)24-13)29-19-8-9-23-21(26-19)25-16-5-3-4-14(11-16)20(28)27(2)22/h3-12,24H,22H2,1-2H3,(H,23,25,26). The molecule has 0 atom stereocenters. The number of ether oxygens (including phenoxy) is 1. The first kappa shape index (κ1) is 18.5. The minimum absolute atomic E-state index is 0.290. The topological polar surface area (TPSA) is 109 Å². The number of anilines is 2. The molecule has 0 saturated heterocycles. The largest absolute Gasteiger partial charge is 0.439 e. The third-order valence-electron chi connectivity index (χ3n) is 4.27. The third kappa shape index (κ3) is 4.17. The Bertz CT molecular complexity index is 1180. The number of carbonyl (C=O) groups excluding carboxylic acids is 1. The van der Waals surface area contributed by atoms with Crippen LogP contribution >= 0.6 is 0 Å². The first-order chi connectivity index (χ1) is 14.0. The second kappa shape index (κ2) is 7.61. The summed E-state index contributed by atoms with van der Waals surface area (Å²) in [6, 6.07) is 16.5. The van der Waals surface area contributed by atoms with Gasteiger partial charge in [0.2, 0.25) is 11.8 Å². The summed E-state index contributed by atoms with van der Waals surface area (Å²) in [7, 11) is 1.50. The molecule has 8 nitrogen and oxygen atoms in total. The number of hydrogen-bond donors (Lipinski definition) is 3. The summed E-state index contributed by atoms with van der Waals surface area (Å²) in [6.45, 7) is 2.01. The molecule has 29 heavy (non-hydrogen) atoms. The van der Waals surface area contributed by atoms with Gasteiger partial charge in [0, 0.05) is 47.2 Å². The van der Waals surface area contributed by atoms with Crippen molar-refractivity contribution in [3.63, 3.8) is 0 Å². The molecule has 0 saturated carbocycles. The van der Waals surface area contributed by atoms with Gasteiger partial charge in [0.15, 0.2) is 0 Å². The van der Waals surface area contributed by atoms with Crippen molar-refractivity contribution in [1.82, 2.24) is 20.0 Å². The number of carbonyl (C=O) groups is 1. The predicted molar refractivity (Wildman–Crippen MR) is 111 cm³/mol. The molecule has 2 aromatic heterocycles. The molecule has 4 rings (SSSR count). The minimum Gasteiger partial charge on any atom is -0.439 e. The van der Waals surface area contributed by atoms with Crippen LogP contribution in [0.25, 0.3) is 10.9 Å². The summed E-state index contributed by atoms with van der Waals surface area (Å²) in [5.74, 6) is 6.67. The molecule has 8 heteroatoms. The highest BCUT2D eigenvalue weighted by Crippen LogP contribution is 2.26. The van der Waals surface area contributed by atoms with E-state index >= 15 is 0 Å². The van der Waals surface area contributed by atoms with E-state index in [4.69, 9.17) is 10.6 Å². The zero-order chi connectivity index (χ0) is 20.4. The predicted octanol–water partition coefficient (Wildman–Crippen LogP) is 3.75. The summed E-state index contributed by atoms with van der Waals surface area (Å²) >= 11 is 0. The number of hydrogen-bond acceptors (Lipinski definition) is 6. The van der Waals surface area contributed by atoms with Crippen LogP contribution in [-0.4, -0.2) is 32.9 Å². The minimum atomic E-state index is -0.290. The maximum atomic E-state index is 12.0. The molecule has 1 amide bonds. The van der Waals surface area contributed by atoms with Gasteiger partial charge < -0.3 is 15.0 Å². The molecule has 0 radical (unpaired) electrons. The lowest BCUT2D eigenvalue weighted by Crippen LogP contribution is -2.33. The molecule has 0 spiro atoms. The van der Waals surface area contributed by atoms with Crippen molar-refractivity contribution in [3.8, 4) is 11.6 Å². The summed E-state index contributed by atoms with van der Waals surface area (Å²) in [5, 5.41) is 5.18. The normalized spacial score (nSPS) is 10.7. The molecular weight excluding hydrogens is 368 g/mol. The fourth-order valence-electron chi connectivity index (χ4n) is 2.96. The van der Waals surface area contributed by atoms with Crippen LogP contribution in [-0.2, 0) is 0 Å². The number of fused-ring (bicyclic) bond motifs is 1. The Morgan fingerprint density at radius 1 is 1.17 bits per heavy atom. The zero-order valence-electron chi connectivity index (χ0n) is 16.0. The summed E-state index contributed by atoms with van der Waals surface area (Å²) in [5.41, 5.74) is 3.27. The van der Waals surface area contributed by atoms with Crippen molar-refractivity contribution in [2.75, 3.05) is 12.4 Å². The fourth-order valence-corrected chi connectivity index (χ4v) is 2.96. The van der Waals surface area contributed by atoms with Crippen LogP contribution < -0.4 is 15.9 Å². The van der Waals surface area contributed by atoms with Gasteiger partial charge in [0.25, 0.3) is 5.91 Å². The summed E-state index contributed by atoms with van der Waals surface area (Å²) in [6.07, 6.45) is 1.60. The first-order valence-electron chi connectivity index (χ1n) is 8.98. The molecule has 0 aliphatic rings. The Labute approximate surface area is 167 Å². The van der Waals surface area contributed by atoms with Gasteiger partial charge in [-0.2, -0.15) is 4.98 Å². The second-order valence-corrected chi connectivity index (χ2v) is 6.64. The van der Waals surface area contributed by atoms with E-state index in [1.165, 1.54) is 7.05 Å². The lowest BCUT2D eigenvalue weighted by molar-refractivity contribution is 0.0795. The Balaban J connectivity index is 1.52. The summed E-state index contributed by atoms with van der Waals surface area (Å²) in [4.78, 5) is 23.9. The number of benzene rings is 2. The van der Waals surface area contributed by atoms with E-state index in [0.717, 1.165) is 21.6 Å². The van der Waals surface area contributed by atoms with Gasteiger partial charge in [-0.3, -0.25) is 9.80 Å². The number of amides is 1. The number of nitrogens with one attached hydrogen (secondary N) is 2. The molecule has 0 aliphatic heterocycles. The van der Waals surface area contributed by atoms with Gasteiger partial charge >= 0.3 is 0 Å². The number of nitrogens with zero attached hydrogens (tertiary/aromatic N) is 3. The Morgan fingerprint density at radius 2 is 2.03 bits per heavy atom. The zero-order valence-corrected chi connectivity index (χ0v) is 16.0. The average molecular weight is 388 g/mol. The van der Waals surface area contributed by atoms with Gasteiger partial charge in [-0.05, 0) is 49.4 Å². The molecule has 0 fully saturated rings. The van der Waals surface area contributed by atoms with Crippen LogP contribution in [0, 0.1) is 6.92 Å². The molecule has 4 N–H and O–H groups in total. The third-order valence-corrected chi connectivity index (χ3v) is 4.27. The smallest absolute Gasteiger partial charge is 0.267 e. The van der Waals surface area contributed by atoms with Crippen LogP contribution in [0.2, 0.25) is 0 Å². The monoisotopic (exact) mass is 388 g/mol. The first-order valence-corrected chi connectivity index (χ1v) is 8.98. The van der Waals surface area contributed by atoms with Crippen LogP contribution in [0.15, 0.2) is 60.8 Å². The Hall–Kier alpha value is -3.91. The van der Waals surface area contributed by atoms with E-state index in [0.29, 0.717) is 28.8 Å². The van der Waals surface area contributed by atoms with E-state index < -0.39 is 0 Å². The molecule has 0 aliphatic carbocycles. The van der Waals surface area contributed by atoms with E-state index in [1.807, 2.05) is 31.2 Å². The van der Waals surface area contributed by atoms with E-state index in [1.54, 1.807) is 30.5 Å². The highest BCUT2D eigenvalue weighted by Gasteiger charge is 2.10. The van der Waals surface area contributed by atoms with E-state index in [-0.39, 0.29) is 5.91 Å². The number of aryl methyl sites for hydroxylation is 1. The molecule has 2 heterocycles. The van der Waals surface area contributed by atoms with Gasteiger partial charge in [-0.25, -0.2) is 10.8 Å². The molecular formula is C21H20N6O2. The number of hydrazine groups is 1. The molecule has 0 bridgehead atoms. The van der Waals surface area contributed by atoms with Crippen molar-refractivity contribution >= 4 is 28.4 Å². The number of H-pyrrole nitrogens is 1. The highest BCUT2D eigenvalue weighted by atomic mass is 16.5. The number of nitrogens with two attached hydrogens (primary N) is 1. The fraction of sp³-hybridized carbons (Fsp3) is 0.0952. The van der Waals surface area contributed by atoms with Crippen molar-refractivity contribution in [1.29, 1.82) is 0 Å². The van der Waals surface area contributed by atoms with Gasteiger partial charge in [-0.15, -0.1) is 0 Å².